The lowest BCUT2D eigenvalue weighted by Crippen LogP contribution is -2.16. The predicted octanol–water partition coefficient (Wildman–Crippen LogP) is 0.944. The zero-order valence-corrected chi connectivity index (χ0v) is 9.91. The molecule has 5 nitrogen and oxygen atoms in total. The van der Waals surface area contributed by atoms with E-state index in [4.69, 9.17) is 15.4 Å². The Kier molecular flexibility index (Phi) is 2.85. The molecule has 2 aromatic rings. The van der Waals surface area contributed by atoms with Crippen LogP contribution in [0, 0.1) is 0 Å². The van der Waals surface area contributed by atoms with Crippen molar-refractivity contribution in [3.63, 3.8) is 0 Å². The number of hydrogen-bond acceptors (Lipinski definition) is 5. The van der Waals surface area contributed by atoms with Crippen LogP contribution in [0.2, 0.25) is 0 Å². The molecule has 1 atom stereocenters. The fraction of sp³-hybridized carbons (Fsp3) is 0.385. The Hall–Kier alpha value is -1.72. The van der Waals surface area contributed by atoms with Crippen LogP contribution < -0.4 is 5.73 Å². The fourth-order valence-corrected chi connectivity index (χ4v) is 2.38. The standard InChI is InChI=1S/C13H15N3O2/c14-11(7-17)12-15-13(18-16-12)10-5-8-3-1-2-4-9(8)6-10/h1-4,10-11,17H,5-7,14H2. The Morgan fingerprint density at radius 1 is 1.33 bits per heavy atom. The summed E-state index contributed by atoms with van der Waals surface area (Å²) in [6.07, 6.45) is 1.85. The number of aromatic nitrogens is 2. The molecule has 3 N–H and O–H groups in total. The largest absolute Gasteiger partial charge is 0.394 e. The first-order chi connectivity index (χ1) is 8.78. The Morgan fingerprint density at radius 2 is 2.00 bits per heavy atom. The summed E-state index contributed by atoms with van der Waals surface area (Å²) < 4.78 is 5.25. The molecule has 0 radical (unpaired) electrons. The van der Waals surface area contributed by atoms with Crippen molar-refractivity contribution in [2.45, 2.75) is 24.8 Å². The molecule has 1 aliphatic carbocycles. The number of nitrogens with two attached hydrogens (primary N) is 1. The van der Waals surface area contributed by atoms with Crippen LogP contribution in [-0.4, -0.2) is 21.9 Å². The Bertz CT molecular complexity index is 528. The SMILES string of the molecule is NC(CO)c1noc(C2Cc3ccccc3C2)n1. The molecule has 1 heterocycles. The molecule has 0 spiro atoms. The maximum Gasteiger partial charge on any atom is 0.230 e. The molecule has 0 saturated carbocycles. The van der Waals surface area contributed by atoms with Crippen molar-refractivity contribution in [2.75, 3.05) is 6.61 Å². The van der Waals surface area contributed by atoms with Crippen molar-refractivity contribution in [1.82, 2.24) is 10.1 Å². The van der Waals surface area contributed by atoms with Gasteiger partial charge in [-0.25, -0.2) is 0 Å². The number of rotatable bonds is 3. The Morgan fingerprint density at radius 3 is 2.61 bits per heavy atom. The van der Waals surface area contributed by atoms with Crippen molar-refractivity contribution < 1.29 is 9.63 Å². The van der Waals surface area contributed by atoms with Crippen LogP contribution in [0.1, 0.15) is 34.8 Å². The minimum Gasteiger partial charge on any atom is -0.394 e. The van der Waals surface area contributed by atoms with Crippen LogP contribution in [0.5, 0.6) is 0 Å². The molecule has 1 aliphatic rings. The Labute approximate surface area is 105 Å². The second-order valence-corrected chi connectivity index (χ2v) is 4.65. The van der Waals surface area contributed by atoms with Gasteiger partial charge in [0.1, 0.15) is 0 Å². The van der Waals surface area contributed by atoms with Gasteiger partial charge in [-0.15, -0.1) is 0 Å². The molecular weight excluding hydrogens is 230 g/mol. The van der Waals surface area contributed by atoms with Crippen molar-refractivity contribution >= 4 is 0 Å². The molecule has 0 saturated heterocycles. The zero-order valence-electron chi connectivity index (χ0n) is 9.91. The van der Waals surface area contributed by atoms with Crippen molar-refractivity contribution in [3.8, 4) is 0 Å². The third kappa shape index (κ3) is 1.91. The monoisotopic (exact) mass is 245 g/mol. The highest BCUT2D eigenvalue weighted by atomic mass is 16.5. The minimum atomic E-state index is -0.564. The molecule has 18 heavy (non-hydrogen) atoms. The molecule has 3 rings (SSSR count). The van der Waals surface area contributed by atoms with E-state index in [1.54, 1.807) is 0 Å². The number of aliphatic hydroxyl groups is 1. The lowest BCUT2D eigenvalue weighted by molar-refractivity contribution is 0.259. The van der Waals surface area contributed by atoms with Gasteiger partial charge in [0.15, 0.2) is 5.82 Å². The van der Waals surface area contributed by atoms with Crippen LogP contribution >= 0.6 is 0 Å². The van der Waals surface area contributed by atoms with Gasteiger partial charge in [0.25, 0.3) is 0 Å². The van der Waals surface area contributed by atoms with Gasteiger partial charge in [0.05, 0.1) is 12.6 Å². The summed E-state index contributed by atoms with van der Waals surface area (Å²) in [5.74, 6) is 1.23. The summed E-state index contributed by atoms with van der Waals surface area (Å²) >= 11 is 0. The van der Waals surface area contributed by atoms with E-state index in [0.29, 0.717) is 11.7 Å². The molecular formula is C13H15N3O2. The highest BCUT2D eigenvalue weighted by molar-refractivity contribution is 5.34. The molecule has 1 unspecified atom stereocenters. The maximum absolute atomic E-state index is 8.96. The van der Waals surface area contributed by atoms with E-state index < -0.39 is 6.04 Å². The van der Waals surface area contributed by atoms with E-state index in [2.05, 4.69) is 22.3 Å². The molecule has 0 fully saturated rings. The molecule has 1 aromatic carbocycles. The van der Waals surface area contributed by atoms with E-state index >= 15 is 0 Å². The van der Waals surface area contributed by atoms with Gasteiger partial charge in [0, 0.05) is 5.92 Å². The normalized spacial score (nSPS) is 16.8. The van der Waals surface area contributed by atoms with Crippen molar-refractivity contribution in [1.29, 1.82) is 0 Å². The number of fused-ring (bicyclic) bond motifs is 1. The number of hydrogen-bond donors (Lipinski definition) is 2. The van der Waals surface area contributed by atoms with Crippen LogP contribution in [-0.2, 0) is 12.8 Å². The third-order valence-electron chi connectivity index (χ3n) is 3.39. The van der Waals surface area contributed by atoms with Gasteiger partial charge in [-0.2, -0.15) is 4.98 Å². The summed E-state index contributed by atoms with van der Waals surface area (Å²) in [5.41, 5.74) is 8.34. The van der Waals surface area contributed by atoms with Crippen LogP contribution in [0.4, 0.5) is 0 Å². The first-order valence-corrected chi connectivity index (χ1v) is 6.04. The lowest BCUT2D eigenvalue weighted by atomic mass is 10.1. The highest BCUT2D eigenvalue weighted by Gasteiger charge is 2.27. The number of benzene rings is 1. The van der Waals surface area contributed by atoms with Gasteiger partial charge < -0.3 is 15.4 Å². The van der Waals surface area contributed by atoms with E-state index in [1.165, 1.54) is 11.1 Å². The highest BCUT2D eigenvalue weighted by Crippen LogP contribution is 2.33. The van der Waals surface area contributed by atoms with Gasteiger partial charge >= 0.3 is 0 Å². The summed E-state index contributed by atoms with van der Waals surface area (Å²) in [7, 11) is 0. The summed E-state index contributed by atoms with van der Waals surface area (Å²) in [6, 6.07) is 7.79. The molecule has 0 aliphatic heterocycles. The Balaban J connectivity index is 1.80. The molecule has 1 aromatic heterocycles. The van der Waals surface area contributed by atoms with E-state index in [0.717, 1.165) is 12.8 Å². The summed E-state index contributed by atoms with van der Waals surface area (Å²) in [4.78, 5) is 4.28. The second-order valence-electron chi connectivity index (χ2n) is 4.65. The fourth-order valence-electron chi connectivity index (χ4n) is 2.38. The van der Waals surface area contributed by atoms with Crippen LogP contribution in [0.3, 0.4) is 0 Å². The average molecular weight is 245 g/mol. The average Bonchev–Trinajstić information content (AvgIpc) is 3.03. The van der Waals surface area contributed by atoms with Gasteiger partial charge in [-0.05, 0) is 24.0 Å². The lowest BCUT2D eigenvalue weighted by Gasteiger charge is -2.01. The molecule has 0 amide bonds. The van der Waals surface area contributed by atoms with E-state index in [-0.39, 0.29) is 12.5 Å². The minimum absolute atomic E-state index is 0.177. The number of nitrogens with zero attached hydrogens (tertiary/aromatic N) is 2. The smallest absolute Gasteiger partial charge is 0.230 e. The summed E-state index contributed by atoms with van der Waals surface area (Å²) in [5, 5.41) is 12.8. The maximum atomic E-state index is 8.96. The van der Waals surface area contributed by atoms with E-state index in [1.807, 2.05) is 12.1 Å². The predicted molar refractivity (Wildman–Crippen MR) is 64.9 cm³/mol. The molecule has 5 heteroatoms. The van der Waals surface area contributed by atoms with Gasteiger partial charge in [-0.3, -0.25) is 0 Å². The van der Waals surface area contributed by atoms with Gasteiger partial charge in [0.2, 0.25) is 5.89 Å². The van der Waals surface area contributed by atoms with Crippen LogP contribution in [0.15, 0.2) is 28.8 Å². The first-order valence-electron chi connectivity index (χ1n) is 6.04. The van der Waals surface area contributed by atoms with Gasteiger partial charge in [-0.1, -0.05) is 29.4 Å². The topological polar surface area (TPSA) is 85.2 Å². The zero-order chi connectivity index (χ0) is 12.5. The van der Waals surface area contributed by atoms with E-state index in [9.17, 15) is 0 Å². The van der Waals surface area contributed by atoms with Crippen molar-refractivity contribution in [2.24, 2.45) is 5.73 Å². The molecule has 0 bridgehead atoms. The second kappa shape index (κ2) is 4.51. The number of aliphatic hydroxyl groups excluding tert-OH is 1. The molecule has 94 valence electrons. The van der Waals surface area contributed by atoms with Crippen molar-refractivity contribution in [3.05, 3.63) is 47.1 Å². The first kappa shape index (κ1) is 11.4. The third-order valence-corrected chi connectivity index (χ3v) is 3.39. The van der Waals surface area contributed by atoms with Crippen LogP contribution in [0.25, 0.3) is 0 Å². The summed E-state index contributed by atoms with van der Waals surface area (Å²) in [6.45, 7) is -0.177. The quantitative estimate of drug-likeness (QED) is 0.840.